The van der Waals surface area contributed by atoms with Crippen LogP contribution in [0.15, 0.2) is 11.8 Å². The fourth-order valence-electron chi connectivity index (χ4n) is 0.400. The molecule has 0 aliphatic rings. The fraction of sp³-hybridized carbons (Fsp3) is 0.500. The minimum atomic E-state index is -5.92. The summed E-state index contributed by atoms with van der Waals surface area (Å²) in [6.07, 6.45) is -13.1. The Labute approximate surface area is 78.5 Å². The molecule has 0 aliphatic carbocycles. The van der Waals surface area contributed by atoms with E-state index < -0.39 is 34.7 Å². The lowest BCUT2D eigenvalue weighted by molar-refractivity contribution is -0.173. The molecule has 11 heteroatoms. The summed E-state index contributed by atoms with van der Waals surface area (Å²) in [7, 11) is -5.92. The van der Waals surface area contributed by atoms with Crippen LogP contribution in [-0.4, -0.2) is 20.8 Å². The highest BCUT2D eigenvalue weighted by Crippen LogP contribution is 2.38. The normalized spacial score (nSPS) is 13.5. The smallest absolute Gasteiger partial charge is 0.366 e. The Morgan fingerprint density at radius 1 is 1.00 bits per heavy atom. The van der Waals surface area contributed by atoms with Crippen LogP contribution in [0.25, 0.3) is 0 Å². The first-order chi connectivity index (χ1) is 6.34. The van der Waals surface area contributed by atoms with Gasteiger partial charge in [0.05, 0.1) is 0 Å². The van der Waals surface area contributed by atoms with Crippen LogP contribution in [0.4, 0.5) is 30.2 Å². The lowest BCUT2D eigenvalue weighted by Crippen LogP contribution is -2.26. The second-order valence-electron chi connectivity index (χ2n) is 2.02. The predicted octanol–water partition coefficient (Wildman–Crippen LogP) is 2.23. The Morgan fingerprint density at radius 3 is 1.53 bits per heavy atom. The highest BCUT2D eigenvalue weighted by Gasteiger charge is 2.52. The molecule has 0 atom stereocenters. The largest absolute Gasteiger partial charge is 0.488 e. The molecule has 0 saturated heterocycles. The molecule has 0 aromatic carbocycles. The van der Waals surface area contributed by atoms with Crippen molar-refractivity contribution in [3.63, 3.8) is 0 Å². The lowest BCUT2D eigenvalue weighted by atomic mass is 10.3. The summed E-state index contributed by atoms with van der Waals surface area (Å²) in [4.78, 5) is 0. The van der Waals surface area contributed by atoms with Crippen molar-refractivity contribution in [2.75, 3.05) is 0 Å². The zero-order chi connectivity index (χ0) is 12.5. The van der Waals surface area contributed by atoms with Gasteiger partial charge in [0, 0.05) is 0 Å². The topological polar surface area (TPSA) is 43.4 Å². The van der Waals surface area contributed by atoms with E-state index >= 15 is 0 Å². The predicted molar refractivity (Wildman–Crippen MR) is 31.3 cm³/mol. The molecule has 0 unspecified atom stereocenters. The van der Waals surface area contributed by atoms with Crippen LogP contribution in [0.2, 0.25) is 0 Å². The Kier molecular flexibility index (Phi) is 3.61. The van der Waals surface area contributed by atoms with Crippen LogP contribution in [0.3, 0.4) is 0 Å². The maximum absolute atomic E-state index is 11.6. The Morgan fingerprint density at radius 2 is 1.33 bits per heavy atom. The summed E-state index contributed by atoms with van der Waals surface area (Å²) >= 11 is 0. The molecule has 0 amide bonds. The highest BCUT2D eigenvalue weighted by atomic mass is 32.3. The van der Waals surface area contributed by atoms with Gasteiger partial charge in [-0.3, -0.25) is 0 Å². The van der Waals surface area contributed by atoms with Crippen molar-refractivity contribution in [3.8, 4) is 0 Å². The molecule has 90 valence electrons. The first-order valence-corrected chi connectivity index (χ1v) is 4.12. The van der Waals surface area contributed by atoms with Gasteiger partial charge >= 0.3 is 22.9 Å². The number of halogens is 7. The first-order valence-electron chi connectivity index (χ1n) is 2.81. The van der Waals surface area contributed by atoms with E-state index in [0.717, 1.165) is 0 Å². The van der Waals surface area contributed by atoms with Crippen LogP contribution in [-0.2, 0) is 14.7 Å². The van der Waals surface area contributed by atoms with Crippen LogP contribution in [0, 0.1) is 0 Å². The molecule has 0 heterocycles. The van der Waals surface area contributed by atoms with E-state index in [0.29, 0.717) is 0 Å². The minimum absolute atomic E-state index is 1.25. The van der Waals surface area contributed by atoms with Gasteiger partial charge in [-0.1, -0.05) is 3.89 Å². The quantitative estimate of drug-likeness (QED) is 0.435. The second-order valence-corrected chi connectivity index (χ2v) is 3.00. The molecular weight excluding hydrogens is 261 g/mol. The van der Waals surface area contributed by atoms with Gasteiger partial charge in [-0.05, 0) is 0 Å². The van der Waals surface area contributed by atoms with Crippen molar-refractivity contribution in [1.29, 1.82) is 0 Å². The van der Waals surface area contributed by atoms with Crippen molar-refractivity contribution in [2.45, 2.75) is 12.4 Å². The van der Waals surface area contributed by atoms with Crippen LogP contribution < -0.4 is 0 Å². The third-order valence-corrected chi connectivity index (χ3v) is 1.22. The minimum Gasteiger partial charge on any atom is -0.366 e. The fourth-order valence-corrected chi connectivity index (χ4v) is 0.611. The first kappa shape index (κ1) is 14.0. The van der Waals surface area contributed by atoms with Crippen molar-refractivity contribution >= 4 is 10.5 Å². The van der Waals surface area contributed by atoms with Crippen molar-refractivity contribution < 1.29 is 42.8 Å². The number of hydrogen-bond acceptors (Lipinski definition) is 3. The van der Waals surface area contributed by atoms with E-state index in [1.54, 1.807) is 0 Å². The third-order valence-electron chi connectivity index (χ3n) is 0.892. The van der Waals surface area contributed by atoms with E-state index in [1.807, 2.05) is 0 Å². The lowest BCUT2D eigenvalue weighted by Gasteiger charge is -2.13. The van der Waals surface area contributed by atoms with Crippen molar-refractivity contribution in [3.05, 3.63) is 11.8 Å². The van der Waals surface area contributed by atoms with Crippen LogP contribution in [0.5, 0.6) is 0 Å². The molecule has 0 fully saturated rings. The van der Waals surface area contributed by atoms with E-state index in [1.165, 1.54) is 0 Å². The number of alkyl halides is 6. The van der Waals surface area contributed by atoms with Crippen LogP contribution >= 0.6 is 0 Å². The summed E-state index contributed by atoms with van der Waals surface area (Å²) in [5.41, 5.74) is -3.27. The average Bonchev–Trinajstić information content (AvgIpc) is 1.75. The van der Waals surface area contributed by atoms with Gasteiger partial charge in [-0.25, -0.2) is 0 Å². The molecule has 0 radical (unpaired) electrons. The molecule has 0 bridgehead atoms. The molecule has 15 heavy (non-hydrogen) atoms. The van der Waals surface area contributed by atoms with Gasteiger partial charge in [0.15, 0.2) is 5.57 Å². The zero-order valence-corrected chi connectivity index (χ0v) is 7.17. The molecular formula is C4HF7O3S. The van der Waals surface area contributed by atoms with Gasteiger partial charge in [-0.2, -0.15) is 34.8 Å². The summed E-state index contributed by atoms with van der Waals surface area (Å²) in [5.74, 6) is 0. The Hall–Kier alpha value is -1.00. The zero-order valence-electron chi connectivity index (χ0n) is 6.36. The third kappa shape index (κ3) is 5.44. The molecule has 0 saturated carbocycles. The Bertz CT molecular complexity index is 331. The van der Waals surface area contributed by atoms with Gasteiger partial charge in [0.2, 0.25) is 0 Å². The number of allylic oxidation sites excluding steroid dienone is 1. The molecule has 0 rings (SSSR count). The molecule has 3 nitrogen and oxygen atoms in total. The maximum Gasteiger partial charge on any atom is 0.488 e. The standard InChI is InChI=1S/C4HF7O3S/c5-3(6,7)2(4(8,9)10)1-14-15(11,12)13/h1H. The van der Waals surface area contributed by atoms with Gasteiger partial charge < -0.3 is 4.18 Å². The highest BCUT2D eigenvalue weighted by molar-refractivity contribution is 7.81. The van der Waals surface area contributed by atoms with Gasteiger partial charge in [-0.15, -0.1) is 0 Å². The summed E-state index contributed by atoms with van der Waals surface area (Å²) in [5, 5.41) is 0. The molecule has 0 aromatic heterocycles. The van der Waals surface area contributed by atoms with Crippen molar-refractivity contribution in [1.82, 2.24) is 0 Å². The van der Waals surface area contributed by atoms with Crippen LogP contribution in [0.1, 0.15) is 0 Å². The maximum atomic E-state index is 11.6. The molecule has 0 N–H and O–H groups in total. The number of rotatable bonds is 2. The van der Waals surface area contributed by atoms with E-state index in [2.05, 4.69) is 4.18 Å². The van der Waals surface area contributed by atoms with Gasteiger partial charge in [0.1, 0.15) is 6.26 Å². The summed E-state index contributed by atoms with van der Waals surface area (Å²) in [6.45, 7) is 0. The molecule has 0 spiro atoms. The van der Waals surface area contributed by atoms with E-state index in [4.69, 9.17) is 0 Å². The summed E-state index contributed by atoms with van der Waals surface area (Å²) < 4.78 is 103. The summed E-state index contributed by atoms with van der Waals surface area (Å²) in [6, 6.07) is 0. The molecule has 0 aliphatic heterocycles. The second kappa shape index (κ2) is 3.87. The number of hydrogen-bond donors (Lipinski definition) is 0. The van der Waals surface area contributed by atoms with E-state index in [9.17, 15) is 38.6 Å². The van der Waals surface area contributed by atoms with Gasteiger partial charge in [0.25, 0.3) is 0 Å². The SMILES string of the molecule is O=S(=O)(F)OC=C(C(F)(F)F)C(F)(F)F. The molecule has 0 aromatic rings. The van der Waals surface area contributed by atoms with E-state index in [-0.39, 0.29) is 0 Å². The Balaban J connectivity index is 5.16. The average molecular weight is 262 g/mol. The van der Waals surface area contributed by atoms with Crippen molar-refractivity contribution in [2.24, 2.45) is 0 Å². The monoisotopic (exact) mass is 262 g/mol.